The van der Waals surface area contributed by atoms with E-state index in [1.807, 2.05) is 68.4 Å². The van der Waals surface area contributed by atoms with Crippen molar-refractivity contribution >= 4 is 16.8 Å². The summed E-state index contributed by atoms with van der Waals surface area (Å²) in [4.78, 5) is 17.2. The summed E-state index contributed by atoms with van der Waals surface area (Å²) in [5, 5.41) is 1.05. The second-order valence-electron chi connectivity index (χ2n) is 7.45. The van der Waals surface area contributed by atoms with Crippen LogP contribution in [0.2, 0.25) is 0 Å². The lowest BCUT2D eigenvalue weighted by Crippen LogP contribution is -2.14. The van der Waals surface area contributed by atoms with E-state index >= 15 is 0 Å². The molecule has 2 aromatic carbocycles. The minimum atomic E-state index is -0.454. The Bertz CT molecular complexity index is 1310. The second-order valence-corrected chi connectivity index (χ2v) is 7.45. The van der Waals surface area contributed by atoms with Crippen molar-refractivity contribution in [1.82, 2.24) is 9.55 Å². The number of ether oxygens (including phenoxy) is 2. The largest absolute Gasteiger partial charge is 0.454 e. The van der Waals surface area contributed by atoms with Gasteiger partial charge in [-0.3, -0.25) is 4.79 Å². The number of carbonyl (C=O) groups excluding carboxylic acids is 1. The first-order valence-corrected chi connectivity index (χ1v) is 9.77. The topological polar surface area (TPSA) is 79.4 Å². The molecule has 0 bridgehead atoms. The second kappa shape index (κ2) is 6.91. The SMILES string of the molecule is Cc1c(C(N)=O)c(-c2ccc3ccccc3n2)c(C)n1Cc1ccc2c(c1)OCO2. The number of hydrogen-bond acceptors (Lipinski definition) is 4. The van der Waals surface area contributed by atoms with Crippen LogP contribution in [-0.2, 0) is 6.54 Å². The third-order valence-corrected chi connectivity index (χ3v) is 5.66. The zero-order valence-corrected chi connectivity index (χ0v) is 16.8. The Morgan fingerprint density at radius 2 is 1.83 bits per heavy atom. The van der Waals surface area contributed by atoms with E-state index in [4.69, 9.17) is 20.2 Å². The van der Waals surface area contributed by atoms with Crippen molar-refractivity contribution in [3.63, 3.8) is 0 Å². The summed E-state index contributed by atoms with van der Waals surface area (Å²) < 4.78 is 13.0. The molecule has 0 unspecified atom stereocenters. The van der Waals surface area contributed by atoms with Gasteiger partial charge in [0.1, 0.15) is 0 Å². The summed E-state index contributed by atoms with van der Waals surface area (Å²) in [5.74, 6) is 1.03. The maximum atomic E-state index is 12.4. The third kappa shape index (κ3) is 2.88. The van der Waals surface area contributed by atoms with Gasteiger partial charge in [-0.1, -0.05) is 30.3 Å². The van der Waals surface area contributed by atoms with Crippen LogP contribution in [-0.4, -0.2) is 22.3 Å². The molecule has 0 atom stereocenters. The zero-order valence-electron chi connectivity index (χ0n) is 16.8. The molecular weight excluding hydrogens is 378 g/mol. The molecule has 0 aliphatic carbocycles. The molecule has 0 fully saturated rings. The summed E-state index contributed by atoms with van der Waals surface area (Å²) in [6.45, 7) is 4.75. The smallest absolute Gasteiger partial charge is 0.251 e. The number of nitrogens with zero attached hydrogens (tertiary/aromatic N) is 2. The number of rotatable bonds is 4. The molecule has 5 rings (SSSR count). The van der Waals surface area contributed by atoms with Gasteiger partial charge in [-0.25, -0.2) is 4.98 Å². The molecule has 1 aliphatic rings. The Morgan fingerprint density at radius 1 is 1.03 bits per heavy atom. The maximum absolute atomic E-state index is 12.4. The van der Waals surface area contributed by atoms with Crippen molar-refractivity contribution in [2.24, 2.45) is 5.73 Å². The number of aromatic nitrogens is 2. The Balaban J connectivity index is 1.63. The van der Waals surface area contributed by atoms with Crippen LogP contribution in [0.1, 0.15) is 27.3 Å². The average Bonchev–Trinajstić information content (AvgIpc) is 3.31. The number of nitrogens with two attached hydrogens (primary N) is 1. The fraction of sp³-hybridized carbons (Fsp3) is 0.167. The van der Waals surface area contributed by atoms with Gasteiger partial charge in [-0.15, -0.1) is 0 Å². The normalized spacial score (nSPS) is 12.5. The van der Waals surface area contributed by atoms with Crippen LogP contribution in [0.4, 0.5) is 0 Å². The maximum Gasteiger partial charge on any atom is 0.251 e. The van der Waals surface area contributed by atoms with Crippen LogP contribution in [0.3, 0.4) is 0 Å². The zero-order chi connectivity index (χ0) is 20.8. The van der Waals surface area contributed by atoms with E-state index in [1.54, 1.807) is 0 Å². The molecule has 0 radical (unpaired) electrons. The lowest BCUT2D eigenvalue weighted by molar-refractivity contribution is 0.1000. The third-order valence-electron chi connectivity index (χ3n) is 5.66. The number of pyridine rings is 1. The van der Waals surface area contributed by atoms with Crippen molar-refractivity contribution in [1.29, 1.82) is 0 Å². The average molecular weight is 399 g/mol. The Hall–Kier alpha value is -3.80. The molecule has 4 aromatic rings. The van der Waals surface area contributed by atoms with E-state index in [2.05, 4.69) is 4.57 Å². The molecule has 0 saturated carbocycles. The van der Waals surface area contributed by atoms with E-state index in [0.717, 1.165) is 50.6 Å². The number of carbonyl (C=O) groups is 1. The highest BCUT2D eigenvalue weighted by Crippen LogP contribution is 2.35. The van der Waals surface area contributed by atoms with E-state index < -0.39 is 5.91 Å². The van der Waals surface area contributed by atoms with Gasteiger partial charge in [-0.05, 0) is 43.7 Å². The van der Waals surface area contributed by atoms with Gasteiger partial charge in [0, 0.05) is 28.9 Å². The van der Waals surface area contributed by atoms with Crippen molar-refractivity contribution < 1.29 is 14.3 Å². The lowest BCUT2D eigenvalue weighted by Gasteiger charge is -2.11. The van der Waals surface area contributed by atoms with Crippen LogP contribution in [0.25, 0.3) is 22.2 Å². The standard InChI is InChI=1S/C24H21N3O3/c1-14-22(19-9-8-17-5-3-4-6-18(17)26-19)23(24(25)28)15(2)27(14)12-16-7-10-20-21(11-16)30-13-29-20/h3-11H,12-13H2,1-2H3,(H2,25,28). The number of amides is 1. The first-order chi connectivity index (χ1) is 14.5. The number of fused-ring (bicyclic) bond motifs is 2. The lowest BCUT2D eigenvalue weighted by atomic mass is 10.0. The predicted molar refractivity (Wildman–Crippen MR) is 115 cm³/mol. The van der Waals surface area contributed by atoms with Gasteiger partial charge in [0.2, 0.25) is 6.79 Å². The van der Waals surface area contributed by atoms with Crippen LogP contribution in [0.5, 0.6) is 11.5 Å². The fourth-order valence-corrected chi connectivity index (χ4v) is 4.16. The minimum Gasteiger partial charge on any atom is -0.454 e. The number of hydrogen-bond donors (Lipinski definition) is 1. The molecule has 6 nitrogen and oxygen atoms in total. The van der Waals surface area contributed by atoms with Gasteiger partial charge in [0.25, 0.3) is 5.91 Å². The number of para-hydroxylation sites is 1. The molecular formula is C24H21N3O3. The van der Waals surface area contributed by atoms with Crippen LogP contribution in [0.15, 0.2) is 54.6 Å². The summed E-state index contributed by atoms with van der Waals surface area (Å²) >= 11 is 0. The molecule has 3 heterocycles. The van der Waals surface area contributed by atoms with E-state index in [9.17, 15) is 4.79 Å². The van der Waals surface area contributed by atoms with Crippen molar-refractivity contribution in [2.45, 2.75) is 20.4 Å². The van der Waals surface area contributed by atoms with Gasteiger partial charge < -0.3 is 19.8 Å². The summed E-state index contributed by atoms with van der Waals surface area (Å²) in [6.07, 6.45) is 0. The molecule has 150 valence electrons. The van der Waals surface area contributed by atoms with E-state index in [1.165, 1.54) is 0 Å². The van der Waals surface area contributed by atoms with Gasteiger partial charge in [0.15, 0.2) is 11.5 Å². The van der Waals surface area contributed by atoms with Crippen LogP contribution < -0.4 is 15.2 Å². The predicted octanol–water partition coefficient (Wildman–Crippen LogP) is 4.20. The van der Waals surface area contributed by atoms with E-state index in [0.29, 0.717) is 12.1 Å². The highest BCUT2D eigenvalue weighted by molar-refractivity contribution is 6.02. The molecule has 0 saturated heterocycles. The number of primary amides is 1. The van der Waals surface area contributed by atoms with Crippen molar-refractivity contribution in [3.8, 4) is 22.8 Å². The highest BCUT2D eigenvalue weighted by Gasteiger charge is 2.24. The molecule has 30 heavy (non-hydrogen) atoms. The Kier molecular flexibility index (Phi) is 4.20. The van der Waals surface area contributed by atoms with Crippen molar-refractivity contribution in [2.75, 3.05) is 6.79 Å². The minimum absolute atomic E-state index is 0.240. The van der Waals surface area contributed by atoms with Crippen LogP contribution in [0, 0.1) is 13.8 Å². The monoisotopic (exact) mass is 399 g/mol. The molecule has 0 spiro atoms. The Morgan fingerprint density at radius 3 is 2.67 bits per heavy atom. The molecule has 1 amide bonds. The van der Waals surface area contributed by atoms with Gasteiger partial charge in [-0.2, -0.15) is 0 Å². The van der Waals surface area contributed by atoms with Crippen molar-refractivity contribution in [3.05, 3.63) is 77.1 Å². The first-order valence-electron chi connectivity index (χ1n) is 9.77. The number of benzene rings is 2. The first kappa shape index (κ1) is 18.2. The molecule has 1 aliphatic heterocycles. The molecule has 2 N–H and O–H groups in total. The van der Waals surface area contributed by atoms with Gasteiger partial charge in [0.05, 0.1) is 16.8 Å². The quantitative estimate of drug-likeness (QED) is 0.558. The summed E-state index contributed by atoms with van der Waals surface area (Å²) in [6, 6.07) is 17.8. The summed E-state index contributed by atoms with van der Waals surface area (Å²) in [7, 11) is 0. The highest BCUT2D eigenvalue weighted by atomic mass is 16.7. The van der Waals surface area contributed by atoms with Gasteiger partial charge >= 0.3 is 0 Å². The van der Waals surface area contributed by atoms with E-state index in [-0.39, 0.29) is 6.79 Å². The summed E-state index contributed by atoms with van der Waals surface area (Å²) in [5.41, 5.74) is 11.5. The fourth-order valence-electron chi connectivity index (χ4n) is 4.16. The van der Waals surface area contributed by atoms with Crippen LogP contribution >= 0.6 is 0 Å². The Labute approximate surface area is 173 Å². The molecule has 2 aromatic heterocycles. The molecule has 6 heteroatoms.